The first-order chi connectivity index (χ1) is 12.3. The maximum absolute atomic E-state index is 12.3. The highest BCUT2D eigenvalue weighted by molar-refractivity contribution is 5.91. The fourth-order valence-corrected chi connectivity index (χ4v) is 3.05. The molecule has 25 heavy (non-hydrogen) atoms. The first-order valence-corrected chi connectivity index (χ1v) is 8.42. The van der Waals surface area contributed by atoms with Crippen molar-refractivity contribution in [3.05, 3.63) is 30.3 Å². The molecule has 2 aromatic rings. The predicted molar refractivity (Wildman–Crippen MR) is 89.7 cm³/mol. The average Bonchev–Trinajstić information content (AvgIpc) is 3.23. The van der Waals surface area contributed by atoms with Crippen LogP contribution < -0.4 is 9.80 Å². The van der Waals surface area contributed by atoms with Crippen LogP contribution in [0.2, 0.25) is 0 Å². The van der Waals surface area contributed by atoms with E-state index in [2.05, 4.69) is 19.9 Å². The van der Waals surface area contributed by atoms with E-state index in [1.165, 1.54) is 6.20 Å². The Morgan fingerprint density at radius 3 is 2.48 bits per heavy atom. The number of anilines is 2. The van der Waals surface area contributed by atoms with Gasteiger partial charge in [0, 0.05) is 51.5 Å². The second-order valence-corrected chi connectivity index (χ2v) is 5.97. The number of morpholine rings is 1. The van der Waals surface area contributed by atoms with Crippen LogP contribution in [-0.2, 0) is 4.74 Å². The van der Waals surface area contributed by atoms with E-state index >= 15 is 0 Å². The molecule has 0 bridgehead atoms. The first kappa shape index (κ1) is 15.8. The van der Waals surface area contributed by atoms with E-state index in [1.54, 1.807) is 17.2 Å². The zero-order valence-electron chi connectivity index (χ0n) is 13.9. The molecule has 2 fully saturated rings. The van der Waals surface area contributed by atoms with Crippen LogP contribution in [0.4, 0.5) is 11.8 Å². The van der Waals surface area contributed by atoms with E-state index in [4.69, 9.17) is 14.2 Å². The SMILES string of the molecule is O=C(c1ccno1)N1CCN(c2ccnc(N3CCOCC3)n2)CC1. The Bertz CT molecular complexity index is 708. The number of piperazine rings is 1. The van der Waals surface area contributed by atoms with Crippen LogP contribution in [0.1, 0.15) is 10.6 Å². The van der Waals surface area contributed by atoms with Gasteiger partial charge >= 0.3 is 0 Å². The number of carbonyl (C=O) groups is 1. The van der Waals surface area contributed by atoms with Crippen LogP contribution in [0.5, 0.6) is 0 Å². The molecule has 0 atom stereocenters. The number of ether oxygens (including phenoxy) is 1. The monoisotopic (exact) mass is 344 g/mol. The average molecular weight is 344 g/mol. The molecular formula is C16H20N6O3. The Balaban J connectivity index is 1.40. The lowest BCUT2D eigenvalue weighted by molar-refractivity contribution is 0.0704. The summed E-state index contributed by atoms with van der Waals surface area (Å²) >= 11 is 0. The van der Waals surface area contributed by atoms with Crippen LogP contribution in [0.15, 0.2) is 29.0 Å². The number of carbonyl (C=O) groups excluding carboxylic acids is 1. The molecule has 0 unspecified atom stereocenters. The van der Waals surface area contributed by atoms with Crippen molar-refractivity contribution in [3.63, 3.8) is 0 Å². The summed E-state index contributed by atoms with van der Waals surface area (Å²) in [6.07, 6.45) is 3.27. The van der Waals surface area contributed by atoms with Crippen LogP contribution >= 0.6 is 0 Å². The topological polar surface area (TPSA) is 87.8 Å². The molecule has 2 aromatic heterocycles. The zero-order chi connectivity index (χ0) is 17.1. The summed E-state index contributed by atoms with van der Waals surface area (Å²) in [6, 6.07) is 3.51. The summed E-state index contributed by atoms with van der Waals surface area (Å²) in [7, 11) is 0. The largest absolute Gasteiger partial charge is 0.378 e. The normalized spacial score (nSPS) is 18.5. The van der Waals surface area contributed by atoms with Crippen LogP contribution in [0, 0.1) is 0 Å². The highest BCUT2D eigenvalue weighted by Gasteiger charge is 2.25. The van der Waals surface area contributed by atoms with Gasteiger partial charge < -0.3 is 24.0 Å². The van der Waals surface area contributed by atoms with E-state index in [1.807, 2.05) is 6.07 Å². The smallest absolute Gasteiger partial charge is 0.292 e. The van der Waals surface area contributed by atoms with E-state index in [9.17, 15) is 4.79 Å². The Labute approximate surface area is 145 Å². The fraction of sp³-hybridized carbons (Fsp3) is 0.500. The third kappa shape index (κ3) is 3.41. The quantitative estimate of drug-likeness (QED) is 0.784. The van der Waals surface area contributed by atoms with Crippen molar-refractivity contribution < 1.29 is 14.1 Å². The van der Waals surface area contributed by atoms with Gasteiger partial charge in [-0.05, 0) is 6.07 Å². The number of nitrogens with zero attached hydrogens (tertiary/aromatic N) is 6. The zero-order valence-corrected chi connectivity index (χ0v) is 13.9. The highest BCUT2D eigenvalue weighted by atomic mass is 16.5. The number of rotatable bonds is 3. The van der Waals surface area contributed by atoms with Crippen molar-refractivity contribution in [2.24, 2.45) is 0 Å². The van der Waals surface area contributed by atoms with Gasteiger partial charge in [-0.25, -0.2) is 4.98 Å². The van der Waals surface area contributed by atoms with Gasteiger partial charge in [-0.15, -0.1) is 0 Å². The van der Waals surface area contributed by atoms with Gasteiger partial charge in [-0.1, -0.05) is 5.16 Å². The molecule has 0 aromatic carbocycles. The second-order valence-electron chi connectivity index (χ2n) is 5.97. The van der Waals surface area contributed by atoms with Crippen molar-refractivity contribution in [2.75, 3.05) is 62.3 Å². The van der Waals surface area contributed by atoms with Crippen molar-refractivity contribution >= 4 is 17.7 Å². The summed E-state index contributed by atoms with van der Waals surface area (Å²) in [4.78, 5) is 27.5. The number of hydrogen-bond acceptors (Lipinski definition) is 8. The summed E-state index contributed by atoms with van der Waals surface area (Å²) in [6.45, 7) is 5.71. The molecule has 4 rings (SSSR count). The minimum Gasteiger partial charge on any atom is -0.378 e. The Hall–Kier alpha value is -2.68. The Morgan fingerprint density at radius 2 is 1.76 bits per heavy atom. The van der Waals surface area contributed by atoms with Crippen molar-refractivity contribution in [3.8, 4) is 0 Å². The molecule has 0 N–H and O–H groups in total. The summed E-state index contributed by atoms with van der Waals surface area (Å²) in [5.41, 5.74) is 0. The molecule has 2 aliphatic heterocycles. The fourth-order valence-electron chi connectivity index (χ4n) is 3.05. The minimum atomic E-state index is -0.117. The van der Waals surface area contributed by atoms with Gasteiger partial charge in [0.1, 0.15) is 5.82 Å². The number of aromatic nitrogens is 3. The Kier molecular flexibility index (Phi) is 4.47. The van der Waals surface area contributed by atoms with Crippen molar-refractivity contribution in [1.29, 1.82) is 0 Å². The van der Waals surface area contributed by atoms with Crippen molar-refractivity contribution in [2.45, 2.75) is 0 Å². The molecule has 132 valence electrons. The summed E-state index contributed by atoms with van der Waals surface area (Å²) in [5, 5.41) is 3.59. The lowest BCUT2D eigenvalue weighted by Crippen LogP contribution is -2.49. The van der Waals surface area contributed by atoms with E-state index in [0.717, 1.165) is 37.9 Å². The van der Waals surface area contributed by atoms with Gasteiger partial charge in [0.25, 0.3) is 5.91 Å². The maximum atomic E-state index is 12.3. The van der Waals surface area contributed by atoms with E-state index in [-0.39, 0.29) is 11.7 Å². The lowest BCUT2D eigenvalue weighted by Gasteiger charge is -2.35. The van der Waals surface area contributed by atoms with Gasteiger partial charge in [0.15, 0.2) is 0 Å². The minimum absolute atomic E-state index is 0.117. The molecule has 4 heterocycles. The lowest BCUT2D eigenvalue weighted by atomic mass is 10.3. The summed E-state index contributed by atoms with van der Waals surface area (Å²) < 4.78 is 10.3. The van der Waals surface area contributed by atoms with E-state index < -0.39 is 0 Å². The molecule has 9 nitrogen and oxygen atoms in total. The van der Waals surface area contributed by atoms with Gasteiger partial charge in [-0.2, -0.15) is 4.98 Å². The number of hydrogen-bond donors (Lipinski definition) is 0. The van der Waals surface area contributed by atoms with Crippen LogP contribution in [0.3, 0.4) is 0 Å². The summed E-state index contributed by atoms with van der Waals surface area (Å²) in [5.74, 6) is 1.79. The maximum Gasteiger partial charge on any atom is 0.292 e. The van der Waals surface area contributed by atoms with Crippen LogP contribution in [-0.4, -0.2) is 78.4 Å². The molecule has 2 aliphatic rings. The molecular weight excluding hydrogens is 324 g/mol. The molecule has 2 saturated heterocycles. The van der Waals surface area contributed by atoms with Crippen LogP contribution in [0.25, 0.3) is 0 Å². The molecule has 9 heteroatoms. The third-order valence-corrected chi connectivity index (χ3v) is 4.46. The van der Waals surface area contributed by atoms with Crippen molar-refractivity contribution in [1.82, 2.24) is 20.0 Å². The molecule has 0 aliphatic carbocycles. The number of amides is 1. The first-order valence-electron chi connectivity index (χ1n) is 8.42. The second kappa shape index (κ2) is 7.06. The standard InChI is InChI=1S/C16H20N6O3/c23-15(13-1-4-18-25-13)21-7-5-20(6-8-21)14-2-3-17-16(19-14)22-9-11-24-12-10-22/h1-4H,5-12H2. The molecule has 0 saturated carbocycles. The molecule has 0 spiro atoms. The van der Waals surface area contributed by atoms with E-state index in [0.29, 0.717) is 26.3 Å². The van der Waals surface area contributed by atoms with Gasteiger partial charge in [0.2, 0.25) is 11.7 Å². The molecule has 1 amide bonds. The molecule has 0 radical (unpaired) electrons. The van der Waals surface area contributed by atoms with Gasteiger partial charge in [0.05, 0.1) is 19.4 Å². The predicted octanol–water partition coefficient (Wildman–Crippen LogP) is 0.264. The Morgan fingerprint density at radius 1 is 0.960 bits per heavy atom. The third-order valence-electron chi connectivity index (χ3n) is 4.46. The van der Waals surface area contributed by atoms with Gasteiger partial charge in [-0.3, -0.25) is 4.79 Å². The highest BCUT2D eigenvalue weighted by Crippen LogP contribution is 2.18.